The predicted molar refractivity (Wildman–Crippen MR) is 176 cm³/mol. The van der Waals surface area contributed by atoms with E-state index in [0.29, 0.717) is 23.6 Å². The van der Waals surface area contributed by atoms with Crippen LogP contribution < -0.4 is 16.4 Å². The van der Waals surface area contributed by atoms with Crippen LogP contribution in [0.2, 0.25) is 0 Å². The average Bonchev–Trinajstić information content (AvgIpc) is 3.69. The number of pyridine rings is 1. The summed E-state index contributed by atoms with van der Waals surface area (Å²) in [5.41, 5.74) is 5.46. The number of methoxy groups -OCH3 is 1. The van der Waals surface area contributed by atoms with Gasteiger partial charge < -0.3 is 19.7 Å². The van der Waals surface area contributed by atoms with E-state index >= 15 is 0 Å². The van der Waals surface area contributed by atoms with Crippen LogP contribution in [0.15, 0.2) is 51.4 Å². The Bertz CT molecular complexity index is 2000. The fourth-order valence-electron chi connectivity index (χ4n) is 7.32. The van der Waals surface area contributed by atoms with Gasteiger partial charge in [0, 0.05) is 57.5 Å². The molecule has 0 radical (unpaired) electrons. The van der Waals surface area contributed by atoms with Gasteiger partial charge >= 0.3 is 0 Å². The van der Waals surface area contributed by atoms with E-state index in [0.717, 1.165) is 55.0 Å². The normalized spacial score (nSPS) is 22.2. The molecule has 0 saturated heterocycles. The first kappa shape index (κ1) is 30.3. The maximum atomic E-state index is 13.8. The number of aliphatic hydroxyl groups is 1. The first-order chi connectivity index (χ1) is 22.1. The molecule has 4 aromatic rings. The number of aromatic nitrogens is 6. The highest BCUT2D eigenvalue weighted by Gasteiger charge is 2.34. The number of aryl methyl sites for hydroxylation is 1. The van der Waals surface area contributed by atoms with E-state index in [4.69, 9.17) is 9.84 Å². The molecule has 2 aliphatic heterocycles. The van der Waals surface area contributed by atoms with Crippen LogP contribution in [0.4, 0.5) is 11.5 Å². The number of aliphatic hydroxyl groups excluding tert-OH is 1. The van der Waals surface area contributed by atoms with Crippen LogP contribution in [0.3, 0.4) is 0 Å². The number of anilines is 2. The molecule has 3 atom stereocenters. The zero-order valence-electron chi connectivity index (χ0n) is 27.0. The number of dihydropyridines is 1. The van der Waals surface area contributed by atoms with Gasteiger partial charge in [-0.15, -0.1) is 0 Å². The smallest absolute Gasteiger partial charge is 0.293 e. The maximum absolute atomic E-state index is 13.8. The second kappa shape index (κ2) is 11.5. The minimum absolute atomic E-state index is 0.153. The van der Waals surface area contributed by atoms with Crippen LogP contribution in [-0.4, -0.2) is 78.2 Å². The zero-order chi connectivity index (χ0) is 32.3. The number of fused-ring (bicyclic) bond motifs is 4. The van der Waals surface area contributed by atoms with Crippen molar-refractivity contribution < 1.29 is 9.84 Å². The number of hydrogen-bond donors (Lipinski definition) is 2. The summed E-state index contributed by atoms with van der Waals surface area (Å²) in [6, 6.07) is 5.89. The van der Waals surface area contributed by atoms with Gasteiger partial charge in [0.1, 0.15) is 17.5 Å². The minimum Gasteiger partial charge on any atom is -0.396 e. The Morgan fingerprint density at radius 1 is 1.13 bits per heavy atom. The first-order valence-electron chi connectivity index (χ1n) is 15.8. The van der Waals surface area contributed by atoms with E-state index in [2.05, 4.69) is 41.1 Å². The van der Waals surface area contributed by atoms with Gasteiger partial charge in [0.2, 0.25) is 0 Å². The van der Waals surface area contributed by atoms with E-state index in [1.165, 1.54) is 14.8 Å². The molecule has 2 unspecified atom stereocenters. The van der Waals surface area contributed by atoms with Crippen LogP contribution in [0.25, 0.3) is 11.1 Å². The van der Waals surface area contributed by atoms with E-state index < -0.39 is 12.1 Å². The summed E-state index contributed by atoms with van der Waals surface area (Å²) < 4.78 is 12.0. The Morgan fingerprint density at radius 2 is 1.96 bits per heavy atom. The molecule has 7 rings (SSSR count). The molecule has 0 fully saturated rings. The topological polar surface area (TPSA) is 136 Å². The number of nitrogens with one attached hydrogen (secondary N) is 1. The summed E-state index contributed by atoms with van der Waals surface area (Å²) in [7, 11) is 3.40. The third-order valence-corrected chi connectivity index (χ3v) is 9.71. The lowest BCUT2D eigenvalue weighted by Gasteiger charge is -2.33. The molecule has 0 saturated carbocycles. The quantitative estimate of drug-likeness (QED) is 0.304. The van der Waals surface area contributed by atoms with Gasteiger partial charge in [-0.2, -0.15) is 10.2 Å². The molecule has 13 heteroatoms. The molecule has 13 nitrogen and oxygen atoms in total. The van der Waals surface area contributed by atoms with Gasteiger partial charge in [0.15, 0.2) is 12.0 Å². The Hall–Kier alpha value is -4.33. The summed E-state index contributed by atoms with van der Waals surface area (Å²) in [5, 5.41) is 23.2. The molecule has 0 spiro atoms. The van der Waals surface area contributed by atoms with Crippen LogP contribution >= 0.6 is 0 Å². The standard InChI is InChI=1S/C33H41N9O4/c1-20-26-14-29(37-41(26)9-8-39(20)10-11-46-5)36-25-12-22(17-38(4)31(25)44)23-6-7-34-30(24(23)18-43)42-32(45)27-13-21-15-33(2,3)16-28(21)40(27)19-35-42/h6-7,12-14,17,19-20,24,30,43H,8-11,15-16,18H2,1-5H3,(H,36,37)/t20-,24?,30?/m1/s1. The molecular weight excluding hydrogens is 586 g/mol. The summed E-state index contributed by atoms with van der Waals surface area (Å²) in [6.07, 6.45) is 7.94. The molecule has 1 aliphatic carbocycles. The lowest BCUT2D eigenvalue weighted by atomic mass is 9.89. The maximum Gasteiger partial charge on any atom is 0.293 e. The number of hydrogen-bond acceptors (Lipinski definition) is 9. The molecule has 6 heterocycles. The Morgan fingerprint density at radius 3 is 2.74 bits per heavy atom. The number of allylic oxidation sites excluding steroid dienone is 1. The fourth-order valence-corrected chi connectivity index (χ4v) is 7.32. The first-order valence-corrected chi connectivity index (χ1v) is 15.8. The van der Waals surface area contributed by atoms with E-state index in [1.807, 2.05) is 27.3 Å². The monoisotopic (exact) mass is 627 g/mol. The lowest BCUT2D eigenvalue weighted by Crippen LogP contribution is -2.38. The van der Waals surface area contributed by atoms with Crippen molar-refractivity contribution in [1.82, 2.24) is 33.4 Å². The van der Waals surface area contributed by atoms with Crippen LogP contribution in [0.5, 0.6) is 0 Å². The molecule has 46 heavy (non-hydrogen) atoms. The summed E-state index contributed by atoms with van der Waals surface area (Å²) in [5.74, 6) is 0.0228. The number of rotatable bonds is 8. The predicted octanol–water partition coefficient (Wildman–Crippen LogP) is 2.56. The molecule has 0 amide bonds. The van der Waals surface area contributed by atoms with Gasteiger partial charge in [0.25, 0.3) is 11.1 Å². The van der Waals surface area contributed by atoms with Gasteiger partial charge in [-0.25, -0.2) is 4.68 Å². The van der Waals surface area contributed by atoms with Gasteiger partial charge in [-0.1, -0.05) is 13.8 Å². The zero-order valence-corrected chi connectivity index (χ0v) is 27.0. The van der Waals surface area contributed by atoms with Gasteiger partial charge in [0.05, 0.1) is 31.4 Å². The second-order valence-electron chi connectivity index (χ2n) is 13.5. The highest BCUT2D eigenvalue weighted by molar-refractivity contribution is 5.88. The number of ether oxygens (including phenoxy) is 1. The van der Waals surface area contributed by atoms with Crippen molar-refractivity contribution in [3.8, 4) is 0 Å². The average molecular weight is 628 g/mol. The summed E-state index contributed by atoms with van der Waals surface area (Å²) >= 11 is 0. The SMILES string of the molecule is COCCN1CCn2nc(Nc3cc(C4=CC=NC(n5ncn6c7c(cc6c5=O)CC(C)(C)C7)C4CO)cn(C)c3=O)cc2[C@H]1C. The highest BCUT2D eigenvalue weighted by atomic mass is 16.5. The molecule has 0 aromatic carbocycles. The molecular formula is C33H41N9O4. The molecule has 242 valence electrons. The summed E-state index contributed by atoms with van der Waals surface area (Å²) in [6.45, 7) is 9.45. The molecule has 0 bridgehead atoms. The van der Waals surface area contributed by atoms with Crippen molar-refractivity contribution in [3.05, 3.63) is 80.0 Å². The van der Waals surface area contributed by atoms with Crippen LogP contribution in [0, 0.1) is 11.3 Å². The Kier molecular flexibility index (Phi) is 7.57. The number of nitrogens with zero attached hydrogens (tertiary/aromatic N) is 8. The second-order valence-corrected chi connectivity index (χ2v) is 13.5. The van der Waals surface area contributed by atoms with Crippen molar-refractivity contribution in [1.29, 1.82) is 0 Å². The highest BCUT2D eigenvalue weighted by Crippen LogP contribution is 2.38. The van der Waals surface area contributed by atoms with Crippen LogP contribution in [0.1, 0.15) is 55.5 Å². The Labute approximate surface area is 266 Å². The van der Waals surface area contributed by atoms with Crippen molar-refractivity contribution in [2.45, 2.75) is 52.4 Å². The fraction of sp³-hybridized carbons (Fsp3) is 0.485. The van der Waals surface area contributed by atoms with Crippen molar-refractivity contribution >= 4 is 28.8 Å². The van der Waals surface area contributed by atoms with E-state index in [1.54, 1.807) is 39.0 Å². The minimum atomic E-state index is -0.750. The number of aliphatic imine (C=N–C) groups is 1. The molecule has 2 N–H and O–H groups in total. The third kappa shape index (κ3) is 5.12. The lowest BCUT2D eigenvalue weighted by molar-refractivity contribution is 0.104. The van der Waals surface area contributed by atoms with E-state index in [-0.39, 0.29) is 29.2 Å². The van der Waals surface area contributed by atoms with Crippen molar-refractivity contribution in [2.75, 3.05) is 38.7 Å². The van der Waals surface area contributed by atoms with Gasteiger partial charge in [-0.3, -0.25) is 28.6 Å². The van der Waals surface area contributed by atoms with E-state index in [9.17, 15) is 14.7 Å². The van der Waals surface area contributed by atoms with Gasteiger partial charge in [-0.05, 0) is 60.1 Å². The summed E-state index contributed by atoms with van der Waals surface area (Å²) in [4.78, 5) is 34.0. The molecule has 4 aromatic heterocycles. The van der Waals surface area contributed by atoms with Crippen LogP contribution in [-0.2, 0) is 31.2 Å². The Balaban J connectivity index is 1.18. The molecule has 3 aliphatic rings. The largest absolute Gasteiger partial charge is 0.396 e. The third-order valence-electron chi connectivity index (χ3n) is 9.71. The van der Waals surface area contributed by atoms with Crippen molar-refractivity contribution in [2.24, 2.45) is 23.4 Å². The van der Waals surface area contributed by atoms with Crippen molar-refractivity contribution in [3.63, 3.8) is 0 Å².